The molecule has 2 unspecified atom stereocenters. The number of benzene rings is 1. The lowest BCUT2D eigenvalue weighted by atomic mass is 10.1. The molecule has 3 nitrogen and oxygen atoms in total. The highest BCUT2D eigenvalue weighted by Crippen LogP contribution is 2.49. The summed E-state index contributed by atoms with van der Waals surface area (Å²) in [4.78, 5) is 10.8. The summed E-state index contributed by atoms with van der Waals surface area (Å²) in [5.74, 6) is -0.946. The molecular weight excluding hydrogens is 246 g/mol. The normalized spacial score (nSPS) is 30.0. The third-order valence-corrected chi connectivity index (χ3v) is 3.20. The standard InChI is InChI=1S/C10H10BrNO2/c11-7-3-1-6(2-4-7)8-5-10(8,12)9(13)14/h1-4,8H,5,12H2,(H,13,14). The minimum absolute atomic E-state index is 0.0342. The Morgan fingerprint density at radius 1 is 1.50 bits per heavy atom. The summed E-state index contributed by atoms with van der Waals surface area (Å²) < 4.78 is 0.986. The van der Waals surface area contributed by atoms with Gasteiger partial charge in [0.1, 0.15) is 5.54 Å². The molecule has 2 rings (SSSR count). The lowest BCUT2D eigenvalue weighted by Crippen LogP contribution is -2.34. The number of halogens is 1. The van der Waals surface area contributed by atoms with E-state index in [1.165, 1.54) is 0 Å². The van der Waals surface area contributed by atoms with Crippen LogP contribution in [-0.2, 0) is 4.79 Å². The number of hydrogen-bond donors (Lipinski definition) is 2. The summed E-state index contributed by atoms with van der Waals surface area (Å²) in [5.41, 5.74) is 5.66. The lowest BCUT2D eigenvalue weighted by Gasteiger charge is -2.05. The highest BCUT2D eigenvalue weighted by molar-refractivity contribution is 9.10. The number of carboxylic acid groups (broad SMARTS) is 1. The van der Waals surface area contributed by atoms with E-state index in [4.69, 9.17) is 10.8 Å². The number of nitrogens with two attached hydrogens (primary N) is 1. The van der Waals surface area contributed by atoms with Gasteiger partial charge in [-0.25, -0.2) is 0 Å². The molecule has 1 aliphatic carbocycles. The SMILES string of the molecule is NC1(C(=O)O)CC1c1ccc(Br)cc1. The molecule has 74 valence electrons. The zero-order valence-electron chi connectivity index (χ0n) is 7.40. The van der Waals surface area contributed by atoms with E-state index in [1.54, 1.807) is 0 Å². The average molecular weight is 256 g/mol. The molecule has 0 bridgehead atoms. The smallest absolute Gasteiger partial charge is 0.324 e. The van der Waals surface area contributed by atoms with Crippen LogP contribution in [-0.4, -0.2) is 16.6 Å². The molecule has 0 aromatic heterocycles. The molecule has 0 heterocycles. The summed E-state index contributed by atoms with van der Waals surface area (Å²) in [6.07, 6.45) is 0.532. The molecule has 0 amide bonds. The quantitative estimate of drug-likeness (QED) is 0.846. The second-order valence-electron chi connectivity index (χ2n) is 3.65. The van der Waals surface area contributed by atoms with E-state index in [0.717, 1.165) is 10.0 Å². The monoisotopic (exact) mass is 255 g/mol. The molecule has 0 spiro atoms. The van der Waals surface area contributed by atoms with Crippen LogP contribution in [0.1, 0.15) is 17.9 Å². The van der Waals surface area contributed by atoms with E-state index in [-0.39, 0.29) is 5.92 Å². The van der Waals surface area contributed by atoms with Gasteiger partial charge in [0.25, 0.3) is 0 Å². The number of carboxylic acids is 1. The van der Waals surface area contributed by atoms with Crippen LogP contribution in [0.25, 0.3) is 0 Å². The Morgan fingerprint density at radius 3 is 2.50 bits per heavy atom. The molecule has 1 aliphatic rings. The zero-order valence-corrected chi connectivity index (χ0v) is 8.99. The van der Waals surface area contributed by atoms with E-state index in [0.29, 0.717) is 6.42 Å². The van der Waals surface area contributed by atoms with Crippen LogP contribution in [0.5, 0.6) is 0 Å². The van der Waals surface area contributed by atoms with Crippen molar-refractivity contribution in [2.45, 2.75) is 17.9 Å². The Morgan fingerprint density at radius 2 is 2.07 bits per heavy atom. The number of aliphatic carboxylic acids is 1. The molecular formula is C10H10BrNO2. The van der Waals surface area contributed by atoms with Gasteiger partial charge in [0, 0.05) is 10.4 Å². The molecule has 0 radical (unpaired) electrons. The van der Waals surface area contributed by atoms with E-state index in [2.05, 4.69) is 15.9 Å². The fourth-order valence-corrected chi connectivity index (χ4v) is 1.89. The summed E-state index contributed by atoms with van der Waals surface area (Å²) in [6, 6.07) is 7.62. The largest absolute Gasteiger partial charge is 0.480 e. The first-order chi connectivity index (χ1) is 6.54. The van der Waals surface area contributed by atoms with Gasteiger partial charge in [0.05, 0.1) is 0 Å². The minimum Gasteiger partial charge on any atom is -0.480 e. The van der Waals surface area contributed by atoms with Crippen LogP contribution >= 0.6 is 15.9 Å². The molecule has 0 aliphatic heterocycles. The molecule has 1 fully saturated rings. The van der Waals surface area contributed by atoms with Crippen LogP contribution in [0.2, 0.25) is 0 Å². The van der Waals surface area contributed by atoms with Gasteiger partial charge >= 0.3 is 5.97 Å². The van der Waals surface area contributed by atoms with Crippen LogP contribution < -0.4 is 5.73 Å². The van der Waals surface area contributed by atoms with Gasteiger partial charge in [-0.3, -0.25) is 4.79 Å². The summed E-state index contributed by atoms with van der Waals surface area (Å²) in [6.45, 7) is 0. The highest BCUT2D eigenvalue weighted by atomic mass is 79.9. The second-order valence-corrected chi connectivity index (χ2v) is 4.57. The van der Waals surface area contributed by atoms with Crippen LogP contribution in [0, 0.1) is 0 Å². The van der Waals surface area contributed by atoms with Gasteiger partial charge in [-0.1, -0.05) is 28.1 Å². The highest BCUT2D eigenvalue weighted by Gasteiger charge is 2.58. The van der Waals surface area contributed by atoms with Crippen LogP contribution in [0.3, 0.4) is 0 Å². The molecule has 1 saturated carbocycles. The van der Waals surface area contributed by atoms with Crippen molar-refractivity contribution in [3.05, 3.63) is 34.3 Å². The molecule has 2 atom stereocenters. The maximum atomic E-state index is 10.8. The summed E-state index contributed by atoms with van der Waals surface area (Å²) in [5, 5.41) is 8.86. The maximum absolute atomic E-state index is 10.8. The predicted molar refractivity (Wildman–Crippen MR) is 56.1 cm³/mol. The van der Waals surface area contributed by atoms with Crippen molar-refractivity contribution in [3.63, 3.8) is 0 Å². The van der Waals surface area contributed by atoms with Gasteiger partial charge < -0.3 is 10.8 Å². The van der Waals surface area contributed by atoms with E-state index in [9.17, 15) is 4.79 Å². The predicted octanol–water partition coefficient (Wildman–Crippen LogP) is 1.72. The van der Waals surface area contributed by atoms with E-state index >= 15 is 0 Å². The zero-order chi connectivity index (χ0) is 10.3. The lowest BCUT2D eigenvalue weighted by molar-refractivity contribution is -0.139. The van der Waals surface area contributed by atoms with Crippen molar-refractivity contribution in [2.24, 2.45) is 5.73 Å². The molecule has 1 aromatic carbocycles. The Balaban J connectivity index is 2.21. The molecule has 0 saturated heterocycles. The van der Waals surface area contributed by atoms with Gasteiger partial charge in [0.15, 0.2) is 0 Å². The topological polar surface area (TPSA) is 63.3 Å². The first kappa shape index (κ1) is 9.68. The second kappa shape index (κ2) is 3.07. The number of carbonyl (C=O) groups is 1. The van der Waals surface area contributed by atoms with Crippen molar-refractivity contribution in [1.29, 1.82) is 0 Å². The molecule has 3 N–H and O–H groups in total. The molecule has 14 heavy (non-hydrogen) atoms. The van der Waals surface area contributed by atoms with Crippen molar-refractivity contribution in [3.8, 4) is 0 Å². The first-order valence-electron chi connectivity index (χ1n) is 4.32. The Bertz CT molecular complexity index is 376. The Kier molecular flexibility index (Phi) is 2.12. The van der Waals surface area contributed by atoms with Crippen molar-refractivity contribution in [2.75, 3.05) is 0 Å². The van der Waals surface area contributed by atoms with Crippen molar-refractivity contribution < 1.29 is 9.90 Å². The van der Waals surface area contributed by atoms with E-state index in [1.807, 2.05) is 24.3 Å². The average Bonchev–Trinajstić information content (AvgIpc) is 2.81. The van der Waals surface area contributed by atoms with Crippen LogP contribution in [0.15, 0.2) is 28.7 Å². The van der Waals surface area contributed by atoms with Gasteiger partial charge in [-0.15, -0.1) is 0 Å². The van der Waals surface area contributed by atoms with Gasteiger partial charge in [0.2, 0.25) is 0 Å². The number of hydrogen-bond acceptors (Lipinski definition) is 2. The first-order valence-corrected chi connectivity index (χ1v) is 5.11. The van der Waals surface area contributed by atoms with Crippen LogP contribution in [0.4, 0.5) is 0 Å². The maximum Gasteiger partial charge on any atom is 0.324 e. The summed E-state index contributed by atoms with van der Waals surface area (Å²) >= 11 is 3.32. The Labute approximate surface area is 90.0 Å². The Hall–Kier alpha value is -0.870. The minimum atomic E-state index is -1.03. The fraction of sp³-hybridized carbons (Fsp3) is 0.300. The van der Waals surface area contributed by atoms with Gasteiger partial charge in [-0.2, -0.15) is 0 Å². The molecule has 4 heteroatoms. The third-order valence-electron chi connectivity index (χ3n) is 2.67. The summed E-state index contributed by atoms with van der Waals surface area (Å²) in [7, 11) is 0. The fourth-order valence-electron chi connectivity index (χ4n) is 1.63. The molecule has 1 aromatic rings. The third kappa shape index (κ3) is 1.44. The number of rotatable bonds is 2. The van der Waals surface area contributed by atoms with Crippen molar-refractivity contribution >= 4 is 21.9 Å². The van der Waals surface area contributed by atoms with Gasteiger partial charge in [-0.05, 0) is 24.1 Å². The van der Waals surface area contributed by atoms with E-state index < -0.39 is 11.5 Å². The van der Waals surface area contributed by atoms with Crippen molar-refractivity contribution in [1.82, 2.24) is 0 Å².